The van der Waals surface area contributed by atoms with Gasteiger partial charge < -0.3 is 10.6 Å². The zero-order valence-electron chi connectivity index (χ0n) is 11.6. The van der Waals surface area contributed by atoms with Gasteiger partial charge in [0.05, 0.1) is 0 Å². The van der Waals surface area contributed by atoms with Gasteiger partial charge in [0.25, 0.3) is 0 Å². The molecule has 1 aromatic rings. The maximum atomic E-state index is 12.0. The fourth-order valence-corrected chi connectivity index (χ4v) is 2.04. The van der Waals surface area contributed by atoms with E-state index in [0.29, 0.717) is 6.54 Å². The van der Waals surface area contributed by atoms with E-state index in [1.165, 1.54) is 11.1 Å². The molecule has 1 rings (SSSR count). The quantitative estimate of drug-likeness (QED) is 0.836. The molecule has 0 saturated carbocycles. The number of nitrogens with zero attached hydrogens (tertiary/aromatic N) is 1. The number of amides is 1. The summed E-state index contributed by atoms with van der Waals surface area (Å²) >= 11 is 0. The van der Waals surface area contributed by atoms with E-state index in [0.717, 1.165) is 19.4 Å². The van der Waals surface area contributed by atoms with E-state index < -0.39 is 0 Å². The minimum atomic E-state index is 0.0249. The number of hydrogen-bond donors (Lipinski definition) is 1. The lowest BCUT2D eigenvalue weighted by Gasteiger charge is -2.21. The van der Waals surface area contributed by atoms with Crippen molar-refractivity contribution >= 4 is 5.91 Å². The molecule has 0 spiro atoms. The van der Waals surface area contributed by atoms with Crippen molar-refractivity contribution in [3.8, 4) is 0 Å². The van der Waals surface area contributed by atoms with Crippen LogP contribution in [0.2, 0.25) is 0 Å². The van der Waals surface area contributed by atoms with Crippen molar-refractivity contribution in [2.24, 2.45) is 11.7 Å². The molecule has 3 heteroatoms. The molecule has 1 amide bonds. The van der Waals surface area contributed by atoms with E-state index in [9.17, 15) is 4.79 Å². The fourth-order valence-electron chi connectivity index (χ4n) is 2.04. The van der Waals surface area contributed by atoms with Gasteiger partial charge in [-0.3, -0.25) is 4.79 Å². The molecule has 0 radical (unpaired) electrons. The SMILES string of the molecule is Cc1ccccc1CCN(C)C(=O)C(C)CCN. The topological polar surface area (TPSA) is 46.3 Å². The van der Waals surface area contributed by atoms with Gasteiger partial charge in [0.15, 0.2) is 0 Å². The zero-order chi connectivity index (χ0) is 13.5. The third-order valence-electron chi connectivity index (χ3n) is 3.38. The minimum absolute atomic E-state index is 0.0249. The molecule has 1 unspecified atom stereocenters. The summed E-state index contributed by atoms with van der Waals surface area (Å²) in [5, 5.41) is 0. The lowest BCUT2D eigenvalue weighted by Crippen LogP contribution is -2.34. The predicted octanol–water partition coefficient (Wildman–Crippen LogP) is 1.98. The fraction of sp³-hybridized carbons (Fsp3) is 0.533. The van der Waals surface area contributed by atoms with Gasteiger partial charge in [0.2, 0.25) is 5.91 Å². The molecular weight excluding hydrogens is 224 g/mol. The van der Waals surface area contributed by atoms with E-state index >= 15 is 0 Å². The third-order valence-corrected chi connectivity index (χ3v) is 3.38. The van der Waals surface area contributed by atoms with Crippen molar-refractivity contribution in [2.45, 2.75) is 26.7 Å². The summed E-state index contributed by atoms with van der Waals surface area (Å²) < 4.78 is 0. The van der Waals surface area contributed by atoms with Crippen molar-refractivity contribution in [1.82, 2.24) is 4.90 Å². The minimum Gasteiger partial charge on any atom is -0.345 e. The molecule has 0 aliphatic heterocycles. The molecule has 18 heavy (non-hydrogen) atoms. The first-order chi connectivity index (χ1) is 8.56. The Balaban J connectivity index is 2.48. The second kappa shape index (κ2) is 7.17. The Morgan fingerprint density at radius 3 is 2.67 bits per heavy atom. The van der Waals surface area contributed by atoms with Gasteiger partial charge in [-0.25, -0.2) is 0 Å². The predicted molar refractivity (Wildman–Crippen MR) is 75.4 cm³/mol. The number of aryl methyl sites for hydroxylation is 1. The second-order valence-corrected chi connectivity index (χ2v) is 4.91. The maximum absolute atomic E-state index is 12.0. The summed E-state index contributed by atoms with van der Waals surface area (Å²) in [5.41, 5.74) is 8.08. The highest BCUT2D eigenvalue weighted by Crippen LogP contribution is 2.10. The van der Waals surface area contributed by atoms with Crippen LogP contribution in [-0.2, 0) is 11.2 Å². The van der Waals surface area contributed by atoms with Crippen molar-refractivity contribution in [3.63, 3.8) is 0 Å². The van der Waals surface area contributed by atoms with E-state index in [1.807, 2.05) is 31.0 Å². The van der Waals surface area contributed by atoms with Crippen LogP contribution >= 0.6 is 0 Å². The Kier molecular flexibility index (Phi) is 5.86. The number of rotatable bonds is 6. The lowest BCUT2D eigenvalue weighted by atomic mass is 10.0. The van der Waals surface area contributed by atoms with Gasteiger partial charge in [-0.05, 0) is 37.4 Å². The molecule has 100 valence electrons. The van der Waals surface area contributed by atoms with Crippen LogP contribution in [-0.4, -0.2) is 30.9 Å². The highest BCUT2D eigenvalue weighted by Gasteiger charge is 2.16. The molecule has 3 nitrogen and oxygen atoms in total. The lowest BCUT2D eigenvalue weighted by molar-refractivity contribution is -0.133. The first kappa shape index (κ1) is 14.7. The maximum Gasteiger partial charge on any atom is 0.225 e. The summed E-state index contributed by atoms with van der Waals surface area (Å²) in [5.74, 6) is 0.214. The van der Waals surface area contributed by atoms with Gasteiger partial charge in [-0.1, -0.05) is 31.2 Å². The average Bonchev–Trinajstić information content (AvgIpc) is 2.36. The summed E-state index contributed by atoms with van der Waals surface area (Å²) in [6.07, 6.45) is 1.66. The van der Waals surface area contributed by atoms with Crippen LogP contribution in [0.3, 0.4) is 0 Å². The van der Waals surface area contributed by atoms with Gasteiger partial charge >= 0.3 is 0 Å². The standard InChI is InChI=1S/C15H24N2O/c1-12-6-4-5-7-14(12)9-11-17(3)15(18)13(2)8-10-16/h4-7,13H,8-11,16H2,1-3H3. The van der Waals surface area contributed by atoms with Crippen LogP contribution in [0.5, 0.6) is 0 Å². The molecule has 0 aliphatic carbocycles. The van der Waals surface area contributed by atoms with E-state index in [2.05, 4.69) is 19.1 Å². The molecule has 0 heterocycles. The molecule has 2 N–H and O–H groups in total. The smallest absolute Gasteiger partial charge is 0.225 e. The molecule has 1 atom stereocenters. The molecule has 0 fully saturated rings. The number of hydrogen-bond acceptors (Lipinski definition) is 2. The van der Waals surface area contributed by atoms with Crippen molar-refractivity contribution in [1.29, 1.82) is 0 Å². The summed E-state index contributed by atoms with van der Waals surface area (Å²) in [4.78, 5) is 13.8. The third kappa shape index (κ3) is 4.15. The van der Waals surface area contributed by atoms with Crippen molar-refractivity contribution in [2.75, 3.05) is 20.1 Å². The second-order valence-electron chi connectivity index (χ2n) is 4.91. The molecule has 0 bridgehead atoms. The Hall–Kier alpha value is -1.35. The van der Waals surface area contributed by atoms with Crippen LogP contribution in [0.4, 0.5) is 0 Å². The monoisotopic (exact) mass is 248 g/mol. The molecule has 0 saturated heterocycles. The van der Waals surface area contributed by atoms with E-state index in [1.54, 1.807) is 0 Å². The largest absolute Gasteiger partial charge is 0.345 e. The van der Waals surface area contributed by atoms with Crippen LogP contribution < -0.4 is 5.73 Å². The average molecular weight is 248 g/mol. The normalized spacial score (nSPS) is 12.2. The van der Waals surface area contributed by atoms with Crippen molar-refractivity contribution in [3.05, 3.63) is 35.4 Å². The first-order valence-electron chi connectivity index (χ1n) is 6.55. The molecule has 0 aromatic heterocycles. The Bertz CT molecular complexity index is 390. The Morgan fingerprint density at radius 2 is 2.06 bits per heavy atom. The van der Waals surface area contributed by atoms with Crippen LogP contribution in [0, 0.1) is 12.8 Å². The van der Waals surface area contributed by atoms with E-state index in [4.69, 9.17) is 5.73 Å². The highest BCUT2D eigenvalue weighted by molar-refractivity contribution is 5.78. The Morgan fingerprint density at radius 1 is 1.39 bits per heavy atom. The highest BCUT2D eigenvalue weighted by atomic mass is 16.2. The van der Waals surface area contributed by atoms with Crippen LogP contribution in [0.15, 0.2) is 24.3 Å². The van der Waals surface area contributed by atoms with E-state index in [-0.39, 0.29) is 11.8 Å². The first-order valence-corrected chi connectivity index (χ1v) is 6.55. The number of benzene rings is 1. The van der Waals surface area contributed by atoms with Gasteiger partial charge in [-0.15, -0.1) is 0 Å². The summed E-state index contributed by atoms with van der Waals surface area (Å²) in [6, 6.07) is 8.31. The van der Waals surface area contributed by atoms with Crippen molar-refractivity contribution < 1.29 is 4.79 Å². The number of carbonyl (C=O) groups is 1. The molecule has 0 aliphatic rings. The summed E-state index contributed by atoms with van der Waals surface area (Å²) in [6.45, 7) is 5.38. The molecular formula is C15H24N2O. The number of carbonyl (C=O) groups excluding carboxylic acids is 1. The number of likely N-dealkylation sites (N-methyl/N-ethyl adjacent to an activating group) is 1. The summed E-state index contributed by atoms with van der Waals surface area (Å²) in [7, 11) is 1.87. The Labute approximate surface area is 110 Å². The van der Waals surface area contributed by atoms with Gasteiger partial charge in [0.1, 0.15) is 0 Å². The van der Waals surface area contributed by atoms with Crippen LogP contribution in [0.25, 0.3) is 0 Å². The zero-order valence-corrected chi connectivity index (χ0v) is 11.6. The van der Waals surface area contributed by atoms with Gasteiger partial charge in [0, 0.05) is 19.5 Å². The molecule has 1 aromatic carbocycles. The number of nitrogens with two attached hydrogens (primary N) is 1. The van der Waals surface area contributed by atoms with Gasteiger partial charge in [-0.2, -0.15) is 0 Å². The van der Waals surface area contributed by atoms with Crippen LogP contribution in [0.1, 0.15) is 24.5 Å².